The number of carbonyl (C=O) groups is 2. The highest BCUT2D eigenvalue weighted by Gasteiger charge is 2.32. The summed E-state index contributed by atoms with van der Waals surface area (Å²) in [5.41, 5.74) is 1.87. The van der Waals surface area contributed by atoms with Crippen molar-refractivity contribution in [1.82, 2.24) is 19.6 Å². The van der Waals surface area contributed by atoms with Gasteiger partial charge < -0.3 is 14.5 Å². The van der Waals surface area contributed by atoms with Crippen molar-refractivity contribution in [2.45, 2.75) is 52.2 Å². The fourth-order valence-corrected chi connectivity index (χ4v) is 3.58. The van der Waals surface area contributed by atoms with Crippen LogP contribution in [0.3, 0.4) is 0 Å². The van der Waals surface area contributed by atoms with Gasteiger partial charge in [0.1, 0.15) is 6.54 Å². The summed E-state index contributed by atoms with van der Waals surface area (Å²) < 4.78 is 7.41. The molecule has 1 aromatic rings. The second-order valence-electron chi connectivity index (χ2n) is 7.02. The maximum absolute atomic E-state index is 12.7. The molecule has 2 aliphatic rings. The van der Waals surface area contributed by atoms with E-state index in [1.54, 1.807) is 9.58 Å². The number of nitrogens with zero attached hydrogens (tertiary/aromatic N) is 4. The lowest BCUT2D eigenvalue weighted by Crippen LogP contribution is -2.53. The number of carbonyl (C=O) groups excluding carboxylic acids is 2. The van der Waals surface area contributed by atoms with Gasteiger partial charge in [0.15, 0.2) is 6.10 Å². The van der Waals surface area contributed by atoms with Gasteiger partial charge in [-0.1, -0.05) is 12.8 Å². The standard InChI is InChI=1S/C18H28N4O3/c1-14-11-15(2)22(19-14)13-17(23)21-9-10-25-16(12-21)18(24)20-7-5-3-4-6-8-20/h11,16H,3-10,12-13H2,1-2H3/t16-/m0/s1. The van der Waals surface area contributed by atoms with Crippen molar-refractivity contribution in [3.05, 3.63) is 17.5 Å². The molecule has 2 amide bonds. The van der Waals surface area contributed by atoms with Crippen LogP contribution in [0.25, 0.3) is 0 Å². The first-order valence-electron chi connectivity index (χ1n) is 9.24. The van der Waals surface area contributed by atoms with Gasteiger partial charge in [-0.05, 0) is 32.8 Å². The normalized spacial score (nSPS) is 21.9. The van der Waals surface area contributed by atoms with E-state index < -0.39 is 6.10 Å². The molecule has 1 aromatic heterocycles. The van der Waals surface area contributed by atoms with E-state index in [9.17, 15) is 9.59 Å². The fraction of sp³-hybridized carbons (Fsp3) is 0.722. The van der Waals surface area contributed by atoms with Crippen LogP contribution in [0.5, 0.6) is 0 Å². The van der Waals surface area contributed by atoms with Crippen LogP contribution >= 0.6 is 0 Å². The van der Waals surface area contributed by atoms with Gasteiger partial charge >= 0.3 is 0 Å². The Hall–Kier alpha value is -1.89. The summed E-state index contributed by atoms with van der Waals surface area (Å²) >= 11 is 0. The van der Waals surface area contributed by atoms with Gasteiger partial charge in [0.05, 0.1) is 18.8 Å². The van der Waals surface area contributed by atoms with E-state index in [1.807, 2.05) is 24.8 Å². The Labute approximate surface area is 148 Å². The molecule has 25 heavy (non-hydrogen) atoms. The van der Waals surface area contributed by atoms with Crippen molar-refractivity contribution in [2.24, 2.45) is 0 Å². The van der Waals surface area contributed by atoms with E-state index in [-0.39, 0.29) is 18.4 Å². The quantitative estimate of drug-likeness (QED) is 0.821. The Morgan fingerprint density at radius 1 is 1.12 bits per heavy atom. The van der Waals surface area contributed by atoms with Crippen molar-refractivity contribution in [2.75, 3.05) is 32.8 Å². The number of amides is 2. The molecule has 7 nitrogen and oxygen atoms in total. The lowest BCUT2D eigenvalue weighted by molar-refractivity contribution is -0.154. The van der Waals surface area contributed by atoms with E-state index in [1.165, 1.54) is 12.8 Å². The van der Waals surface area contributed by atoms with Gasteiger partial charge in [0, 0.05) is 25.3 Å². The van der Waals surface area contributed by atoms with Gasteiger partial charge in [0.2, 0.25) is 5.91 Å². The van der Waals surface area contributed by atoms with Crippen molar-refractivity contribution in [1.29, 1.82) is 0 Å². The molecule has 3 rings (SSSR count). The second-order valence-corrected chi connectivity index (χ2v) is 7.02. The second kappa shape index (κ2) is 7.99. The minimum atomic E-state index is -0.531. The molecule has 2 saturated heterocycles. The predicted molar refractivity (Wildman–Crippen MR) is 93.1 cm³/mol. The maximum atomic E-state index is 12.7. The number of likely N-dealkylation sites (tertiary alicyclic amines) is 1. The average molecular weight is 348 g/mol. The molecule has 3 heterocycles. The van der Waals surface area contributed by atoms with Crippen LogP contribution in [-0.2, 0) is 20.9 Å². The molecule has 0 N–H and O–H groups in total. The van der Waals surface area contributed by atoms with E-state index in [2.05, 4.69) is 5.10 Å². The number of aromatic nitrogens is 2. The van der Waals surface area contributed by atoms with Gasteiger partial charge in [-0.3, -0.25) is 14.3 Å². The van der Waals surface area contributed by atoms with Gasteiger partial charge in [0.25, 0.3) is 5.91 Å². The lowest BCUT2D eigenvalue weighted by Gasteiger charge is -2.34. The molecule has 2 fully saturated rings. The fourth-order valence-electron chi connectivity index (χ4n) is 3.58. The van der Waals surface area contributed by atoms with E-state index in [4.69, 9.17) is 4.74 Å². The lowest BCUT2D eigenvalue weighted by atomic mass is 10.2. The number of ether oxygens (including phenoxy) is 1. The monoisotopic (exact) mass is 348 g/mol. The molecule has 138 valence electrons. The topological polar surface area (TPSA) is 67.7 Å². The van der Waals surface area contributed by atoms with Crippen LogP contribution in [-0.4, -0.2) is 70.3 Å². The zero-order chi connectivity index (χ0) is 17.8. The Balaban J connectivity index is 1.59. The molecule has 0 saturated carbocycles. The maximum Gasteiger partial charge on any atom is 0.253 e. The molecule has 0 aliphatic carbocycles. The Morgan fingerprint density at radius 2 is 1.84 bits per heavy atom. The molecule has 0 radical (unpaired) electrons. The highest BCUT2D eigenvalue weighted by atomic mass is 16.5. The SMILES string of the molecule is Cc1cc(C)n(CC(=O)N2CCO[C@H](C(=O)N3CCCCCC3)C2)n1. The van der Waals surface area contributed by atoms with Gasteiger partial charge in [-0.15, -0.1) is 0 Å². The molecule has 7 heteroatoms. The van der Waals surface area contributed by atoms with E-state index in [0.29, 0.717) is 19.7 Å². The average Bonchev–Trinajstić information content (AvgIpc) is 2.82. The Morgan fingerprint density at radius 3 is 2.48 bits per heavy atom. The van der Waals surface area contributed by atoms with Crippen molar-refractivity contribution in [3.63, 3.8) is 0 Å². The summed E-state index contributed by atoms with van der Waals surface area (Å²) in [7, 11) is 0. The molecule has 0 spiro atoms. The first-order chi connectivity index (χ1) is 12.0. The van der Waals surface area contributed by atoms with E-state index in [0.717, 1.165) is 37.3 Å². The number of aryl methyl sites for hydroxylation is 2. The van der Waals surface area contributed by atoms with Crippen LogP contribution in [0.2, 0.25) is 0 Å². The number of morpholine rings is 1. The van der Waals surface area contributed by atoms with Gasteiger partial charge in [-0.25, -0.2) is 0 Å². The highest BCUT2D eigenvalue weighted by Crippen LogP contribution is 2.15. The summed E-state index contributed by atoms with van der Waals surface area (Å²) in [6.07, 6.45) is 3.94. The molecule has 1 atom stereocenters. The molecule has 2 aliphatic heterocycles. The smallest absolute Gasteiger partial charge is 0.253 e. The third-order valence-corrected chi connectivity index (χ3v) is 5.00. The van der Waals surface area contributed by atoms with Crippen molar-refractivity contribution in [3.8, 4) is 0 Å². The molecule has 0 bridgehead atoms. The third kappa shape index (κ3) is 4.39. The van der Waals surface area contributed by atoms with Crippen LogP contribution in [0.1, 0.15) is 37.1 Å². The Kier molecular flexibility index (Phi) is 5.73. The third-order valence-electron chi connectivity index (χ3n) is 5.00. The summed E-state index contributed by atoms with van der Waals surface area (Å²) in [5, 5.41) is 4.35. The Bertz CT molecular complexity index is 620. The van der Waals surface area contributed by atoms with Gasteiger partial charge in [-0.2, -0.15) is 5.10 Å². The van der Waals surface area contributed by atoms with Crippen molar-refractivity contribution < 1.29 is 14.3 Å². The summed E-state index contributed by atoms with van der Waals surface area (Å²) in [4.78, 5) is 29.0. The van der Waals surface area contributed by atoms with Crippen LogP contribution in [0.4, 0.5) is 0 Å². The molecular weight excluding hydrogens is 320 g/mol. The minimum absolute atomic E-state index is 0.0110. The number of rotatable bonds is 3. The molecular formula is C18H28N4O3. The van der Waals surface area contributed by atoms with Crippen LogP contribution < -0.4 is 0 Å². The first kappa shape index (κ1) is 17.9. The summed E-state index contributed by atoms with van der Waals surface area (Å²) in [6.45, 7) is 6.96. The summed E-state index contributed by atoms with van der Waals surface area (Å²) in [5.74, 6) is 0.0219. The highest BCUT2D eigenvalue weighted by molar-refractivity contribution is 5.83. The molecule has 0 aromatic carbocycles. The number of hydrogen-bond donors (Lipinski definition) is 0. The zero-order valence-electron chi connectivity index (χ0n) is 15.2. The van der Waals surface area contributed by atoms with Crippen LogP contribution in [0, 0.1) is 13.8 Å². The molecule has 0 unspecified atom stereocenters. The zero-order valence-corrected chi connectivity index (χ0v) is 15.2. The predicted octanol–water partition coefficient (Wildman–Crippen LogP) is 1.13. The van der Waals surface area contributed by atoms with E-state index >= 15 is 0 Å². The first-order valence-corrected chi connectivity index (χ1v) is 9.24. The van der Waals surface area contributed by atoms with Crippen molar-refractivity contribution >= 4 is 11.8 Å². The summed E-state index contributed by atoms with van der Waals surface area (Å²) in [6, 6.07) is 1.96. The minimum Gasteiger partial charge on any atom is -0.365 e. The van der Waals surface area contributed by atoms with Crippen LogP contribution in [0.15, 0.2) is 6.07 Å². The largest absolute Gasteiger partial charge is 0.365 e. The number of hydrogen-bond acceptors (Lipinski definition) is 4.